The molecule has 2 aromatic carbocycles. The van der Waals surface area contributed by atoms with Gasteiger partial charge in [0.05, 0.1) is 11.3 Å². The molecule has 6 nitrogen and oxygen atoms in total. The number of para-hydroxylation sites is 1. The van der Waals surface area contributed by atoms with E-state index in [1.807, 2.05) is 6.07 Å². The van der Waals surface area contributed by atoms with Crippen molar-refractivity contribution < 1.29 is 32.0 Å². The number of amides is 1. The highest BCUT2D eigenvalue weighted by Gasteiger charge is 2.22. The summed E-state index contributed by atoms with van der Waals surface area (Å²) in [6, 6.07) is 11.8. The van der Waals surface area contributed by atoms with E-state index in [0.29, 0.717) is 17.1 Å². The summed E-state index contributed by atoms with van der Waals surface area (Å²) in [5.41, 5.74) is 0.169. The van der Waals surface area contributed by atoms with Crippen LogP contribution in [0.4, 0.5) is 18.9 Å². The van der Waals surface area contributed by atoms with Crippen molar-refractivity contribution in [2.24, 2.45) is 0 Å². The maximum Gasteiger partial charge on any atom is 0.387 e. The highest BCUT2D eigenvalue weighted by Crippen LogP contribution is 2.28. The number of nitrogens with zero attached hydrogens (tertiary/aromatic N) is 1. The quantitative estimate of drug-likeness (QED) is 0.638. The van der Waals surface area contributed by atoms with E-state index < -0.39 is 24.1 Å². The summed E-state index contributed by atoms with van der Waals surface area (Å²) in [4.78, 5) is 12.6. The number of ether oxygens (including phenoxy) is 2. The Morgan fingerprint density at radius 1 is 1.21 bits per heavy atom. The van der Waals surface area contributed by atoms with Crippen molar-refractivity contribution in [1.82, 2.24) is 5.16 Å². The third-order valence-corrected chi connectivity index (χ3v) is 3.73. The SMILES string of the molecule is Cc1onc(C(=O)Nc2ccc(F)cc2OC(F)F)c1COc1ccccc1. The predicted molar refractivity (Wildman–Crippen MR) is 93.0 cm³/mol. The molecule has 3 rings (SSSR count). The number of benzene rings is 2. The predicted octanol–water partition coefficient (Wildman–Crippen LogP) is 4.55. The molecule has 0 atom stereocenters. The Kier molecular flexibility index (Phi) is 5.83. The number of carbonyl (C=O) groups excluding carboxylic acids is 1. The largest absolute Gasteiger partial charge is 0.489 e. The summed E-state index contributed by atoms with van der Waals surface area (Å²) >= 11 is 0. The standard InChI is InChI=1S/C19H15F3N2O4/c1-11-14(10-26-13-5-3-2-4-6-13)17(24-28-11)18(25)23-15-8-7-12(20)9-16(15)27-19(21)22/h2-9,19H,10H2,1H3,(H,23,25). The van der Waals surface area contributed by atoms with Crippen LogP contribution in [-0.4, -0.2) is 17.7 Å². The van der Waals surface area contributed by atoms with Crippen molar-refractivity contribution in [3.8, 4) is 11.5 Å². The number of hydrogen-bond acceptors (Lipinski definition) is 5. The van der Waals surface area contributed by atoms with Gasteiger partial charge in [0.15, 0.2) is 11.4 Å². The molecule has 0 saturated heterocycles. The zero-order chi connectivity index (χ0) is 20.1. The van der Waals surface area contributed by atoms with Gasteiger partial charge in [-0.3, -0.25) is 4.79 Å². The second-order valence-electron chi connectivity index (χ2n) is 5.64. The van der Waals surface area contributed by atoms with Gasteiger partial charge in [-0.25, -0.2) is 4.39 Å². The van der Waals surface area contributed by atoms with Gasteiger partial charge in [0, 0.05) is 6.07 Å². The van der Waals surface area contributed by atoms with Crippen LogP contribution in [0.15, 0.2) is 53.1 Å². The van der Waals surface area contributed by atoms with Gasteiger partial charge in [-0.15, -0.1) is 0 Å². The Labute approximate surface area is 157 Å². The van der Waals surface area contributed by atoms with Gasteiger partial charge < -0.3 is 19.3 Å². The summed E-state index contributed by atoms with van der Waals surface area (Å²) in [5, 5.41) is 6.07. The molecule has 1 aromatic heterocycles. The maximum atomic E-state index is 13.3. The van der Waals surface area contributed by atoms with Crippen LogP contribution in [0.1, 0.15) is 21.8 Å². The van der Waals surface area contributed by atoms with Gasteiger partial charge in [-0.05, 0) is 31.2 Å². The first kappa shape index (κ1) is 19.3. The molecule has 0 aliphatic heterocycles. The number of halogens is 3. The van der Waals surface area contributed by atoms with E-state index in [9.17, 15) is 18.0 Å². The molecule has 0 spiro atoms. The van der Waals surface area contributed by atoms with Gasteiger partial charge >= 0.3 is 6.61 Å². The molecule has 9 heteroatoms. The van der Waals surface area contributed by atoms with E-state index in [0.717, 1.165) is 18.2 Å². The van der Waals surface area contributed by atoms with Crippen LogP contribution in [0.2, 0.25) is 0 Å². The fourth-order valence-corrected chi connectivity index (χ4v) is 2.39. The number of alkyl halides is 2. The van der Waals surface area contributed by atoms with E-state index in [1.165, 1.54) is 0 Å². The zero-order valence-corrected chi connectivity index (χ0v) is 14.6. The smallest absolute Gasteiger partial charge is 0.387 e. The molecule has 1 amide bonds. The molecule has 0 saturated carbocycles. The lowest BCUT2D eigenvalue weighted by atomic mass is 10.2. The Balaban J connectivity index is 1.78. The van der Waals surface area contributed by atoms with E-state index in [1.54, 1.807) is 31.2 Å². The Morgan fingerprint density at radius 2 is 1.96 bits per heavy atom. The summed E-state index contributed by atoms with van der Waals surface area (Å²) < 4.78 is 53.3. The Hall–Kier alpha value is -3.49. The normalized spacial score (nSPS) is 10.8. The van der Waals surface area contributed by atoms with Crippen LogP contribution in [0.25, 0.3) is 0 Å². The summed E-state index contributed by atoms with van der Waals surface area (Å²) in [6.45, 7) is -1.57. The molecule has 0 bridgehead atoms. The van der Waals surface area contributed by atoms with E-state index in [4.69, 9.17) is 9.26 Å². The first-order chi connectivity index (χ1) is 13.4. The monoisotopic (exact) mass is 392 g/mol. The molecule has 28 heavy (non-hydrogen) atoms. The van der Waals surface area contributed by atoms with Crippen molar-refractivity contribution in [1.29, 1.82) is 0 Å². The molecule has 146 valence electrons. The van der Waals surface area contributed by atoms with E-state index in [-0.39, 0.29) is 18.0 Å². The average Bonchev–Trinajstić information content (AvgIpc) is 3.03. The van der Waals surface area contributed by atoms with Gasteiger partial charge in [0.1, 0.15) is 23.9 Å². The highest BCUT2D eigenvalue weighted by atomic mass is 19.3. The van der Waals surface area contributed by atoms with Crippen LogP contribution in [0.3, 0.4) is 0 Å². The van der Waals surface area contributed by atoms with E-state index in [2.05, 4.69) is 15.2 Å². The van der Waals surface area contributed by atoms with Gasteiger partial charge in [-0.1, -0.05) is 23.4 Å². The Morgan fingerprint density at radius 3 is 2.68 bits per heavy atom. The van der Waals surface area contributed by atoms with Crippen molar-refractivity contribution in [3.63, 3.8) is 0 Å². The minimum absolute atomic E-state index is 0.00586. The van der Waals surface area contributed by atoms with Crippen molar-refractivity contribution in [3.05, 3.63) is 71.4 Å². The number of rotatable bonds is 7. The molecule has 1 N–H and O–H groups in total. The number of carbonyl (C=O) groups is 1. The first-order valence-electron chi connectivity index (χ1n) is 8.12. The van der Waals surface area contributed by atoms with Gasteiger partial charge in [0.2, 0.25) is 0 Å². The fraction of sp³-hybridized carbons (Fsp3) is 0.158. The van der Waals surface area contributed by atoms with E-state index >= 15 is 0 Å². The molecule has 0 fully saturated rings. The molecular formula is C19H15F3N2O4. The maximum absolute atomic E-state index is 13.3. The van der Waals surface area contributed by atoms with Crippen molar-refractivity contribution in [2.45, 2.75) is 20.1 Å². The van der Waals surface area contributed by atoms with Crippen LogP contribution in [0.5, 0.6) is 11.5 Å². The molecule has 0 unspecified atom stereocenters. The van der Waals surface area contributed by atoms with Crippen molar-refractivity contribution in [2.75, 3.05) is 5.32 Å². The molecule has 0 aliphatic carbocycles. The first-order valence-corrected chi connectivity index (χ1v) is 8.12. The van der Waals surface area contributed by atoms with Crippen LogP contribution in [-0.2, 0) is 6.61 Å². The zero-order valence-electron chi connectivity index (χ0n) is 14.6. The lowest BCUT2D eigenvalue weighted by Crippen LogP contribution is -2.17. The molecule has 0 aliphatic rings. The Bertz CT molecular complexity index is 961. The van der Waals surface area contributed by atoms with Gasteiger partial charge in [-0.2, -0.15) is 8.78 Å². The average molecular weight is 392 g/mol. The highest BCUT2D eigenvalue weighted by molar-refractivity contribution is 6.04. The van der Waals surface area contributed by atoms with Crippen molar-refractivity contribution >= 4 is 11.6 Å². The fourth-order valence-electron chi connectivity index (χ4n) is 2.39. The number of aryl methyl sites for hydroxylation is 1. The second kappa shape index (κ2) is 8.47. The van der Waals surface area contributed by atoms with Crippen LogP contribution in [0, 0.1) is 12.7 Å². The molecular weight excluding hydrogens is 377 g/mol. The molecule has 0 radical (unpaired) electrons. The topological polar surface area (TPSA) is 73.6 Å². The third kappa shape index (κ3) is 4.61. The summed E-state index contributed by atoms with van der Waals surface area (Å²) in [5.74, 6) is -1.09. The lowest BCUT2D eigenvalue weighted by molar-refractivity contribution is -0.0495. The minimum atomic E-state index is -3.18. The van der Waals surface area contributed by atoms with Gasteiger partial charge in [0.25, 0.3) is 5.91 Å². The van der Waals surface area contributed by atoms with Crippen LogP contribution < -0.4 is 14.8 Å². The van der Waals surface area contributed by atoms with Crippen LogP contribution >= 0.6 is 0 Å². The summed E-state index contributed by atoms with van der Waals surface area (Å²) in [7, 11) is 0. The number of hydrogen-bond donors (Lipinski definition) is 1. The minimum Gasteiger partial charge on any atom is -0.489 e. The number of aromatic nitrogens is 1. The number of nitrogens with one attached hydrogen (secondary N) is 1. The third-order valence-electron chi connectivity index (χ3n) is 3.73. The summed E-state index contributed by atoms with van der Waals surface area (Å²) in [6.07, 6.45) is 0. The number of anilines is 1. The lowest BCUT2D eigenvalue weighted by Gasteiger charge is -2.12. The molecule has 3 aromatic rings. The molecule has 1 heterocycles. The second-order valence-corrected chi connectivity index (χ2v) is 5.64.